The number of anilines is 2. The van der Waals surface area contributed by atoms with E-state index in [-0.39, 0.29) is 11.1 Å². The lowest BCUT2D eigenvalue weighted by Crippen LogP contribution is -2.24. The minimum absolute atomic E-state index is 0.185. The molecule has 2 aromatic heterocycles. The molecule has 0 fully saturated rings. The molecule has 0 aliphatic heterocycles. The predicted octanol–water partition coefficient (Wildman–Crippen LogP) is 6.52. The van der Waals surface area contributed by atoms with Crippen LogP contribution in [0.5, 0.6) is 0 Å². The van der Waals surface area contributed by atoms with Crippen LogP contribution < -0.4 is 16.4 Å². The Hall–Kier alpha value is -3.81. The fourth-order valence-corrected chi connectivity index (χ4v) is 2.75. The van der Waals surface area contributed by atoms with Crippen LogP contribution >= 0.6 is 0 Å². The van der Waals surface area contributed by atoms with Crippen molar-refractivity contribution in [3.8, 4) is 0 Å². The molecule has 35 heavy (non-hydrogen) atoms. The molecule has 0 radical (unpaired) electrons. The number of aromatic nitrogens is 3. The van der Waals surface area contributed by atoms with Crippen LogP contribution in [0.2, 0.25) is 0 Å². The van der Waals surface area contributed by atoms with Crippen LogP contribution in [0.3, 0.4) is 0 Å². The van der Waals surface area contributed by atoms with Gasteiger partial charge in [0.25, 0.3) is 11.1 Å². The van der Waals surface area contributed by atoms with E-state index in [9.17, 15) is 18.4 Å². The third-order valence-electron chi connectivity index (χ3n) is 4.22. The first-order valence-electron chi connectivity index (χ1n) is 11.2. The van der Waals surface area contributed by atoms with Crippen LogP contribution in [0.4, 0.5) is 20.3 Å². The second-order valence-corrected chi connectivity index (χ2v) is 7.94. The second kappa shape index (κ2) is 13.2. The van der Waals surface area contributed by atoms with Gasteiger partial charge in [0.1, 0.15) is 5.69 Å². The molecule has 6 nitrogen and oxygen atoms in total. The van der Waals surface area contributed by atoms with Gasteiger partial charge in [0.2, 0.25) is 5.92 Å². The number of pyridine rings is 1. The molecule has 0 spiro atoms. The van der Waals surface area contributed by atoms with E-state index in [0.717, 1.165) is 19.4 Å². The van der Waals surface area contributed by atoms with Crippen molar-refractivity contribution in [3.63, 3.8) is 0 Å². The molecule has 1 aromatic carbocycles. The highest BCUT2D eigenvalue weighted by molar-refractivity contribution is 5.93. The first kappa shape index (κ1) is 29.2. The molecule has 0 saturated carbocycles. The fourth-order valence-electron chi connectivity index (χ4n) is 2.75. The highest BCUT2D eigenvalue weighted by atomic mass is 19.3. The van der Waals surface area contributed by atoms with Crippen molar-refractivity contribution in [1.29, 1.82) is 0 Å². The van der Waals surface area contributed by atoms with E-state index in [0.29, 0.717) is 28.0 Å². The van der Waals surface area contributed by atoms with E-state index < -0.39 is 5.92 Å². The van der Waals surface area contributed by atoms with Gasteiger partial charge in [0, 0.05) is 18.6 Å². The van der Waals surface area contributed by atoms with Crippen molar-refractivity contribution in [1.82, 2.24) is 14.3 Å². The summed E-state index contributed by atoms with van der Waals surface area (Å²) in [7, 11) is 1.68. The van der Waals surface area contributed by atoms with Gasteiger partial charge in [-0.25, -0.2) is 8.78 Å². The van der Waals surface area contributed by atoms with Gasteiger partial charge >= 0.3 is 0 Å². The van der Waals surface area contributed by atoms with E-state index in [4.69, 9.17) is 0 Å². The normalized spacial score (nSPS) is 10.9. The summed E-state index contributed by atoms with van der Waals surface area (Å²) in [5, 5.41) is 8.72. The Kier molecular flexibility index (Phi) is 11.0. The zero-order valence-corrected chi connectivity index (χ0v) is 21.4. The van der Waals surface area contributed by atoms with Crippen molar-refractivity contribution in [3.05, 3.63) is 93.7 Å². The quantitative estimate of drug-likeness (QED) is 0.419. The standard InChI is InChI=1S/C22H22N4O2.C3H6F2.C2H6/c1-5-16(13-12-15(2)3)26-21(27)18-10-7-6-9-17(18)20(24-26)23-19-11-8-14-25(4)22(19)28;1-3(2,4)5;1-2/h5-14H,1H2,2-4H3,(H,23,24);1-2H3;1-2H3/b16-13+;;. The minimum atomic E-state index is -2.50. The van der Waals surface area contributed by atoms with Gasteiger partial charge in [-0.2, -0.15) is 4.68 Å². The molecule has 0 aliphatic carbocycles. The zero-order chi connectivity index (χ0) is 26.8. The molecule has 8 heteroatoms. The van der Waals surface area contributed by atoms with Crippen molar-refractivity contribution < 1.29 is 8.78 Å². The molecule has 3 rings (SSSR count). The van der Waals surface area contributed by atoms with E-state index in [1.807, 2.05) is 39.8 Å². The Balaban J connectivity index is 0.000000779. The molecule has 0 unspecified atom stereocenters. The van der Waals surface area contributed by atoms with Crippen LogP contribution in [-0.4, -0.2) is 20.3 Å². The molecule has 0 atom stereocenters. The Bertz CT molecular complexity index is 1320. The molecular formula is C27H34F2N4O2. The summed E-state index contributed by atoms with van der Waals surface area (Å²) in [6.07, 6.45) is 6.93. The number of hydrogen-bond donors (Lipinski definition) is 1. The number of benzene rings is 1. The summed E-state index contributed by atoms with van der Waals surface area (Å²) >= 11 is 0. The smallest absolute Gasteiger partial charge is 0.279 e. The Morgan fingerprint density at radius 2 is 1.57 bits per heavy atom. The molecule has 0 aliphatic rings. The molecule has 3 aromatic rings. The van der Waals surface area contributed by atoms with E-state index in [1.165, 1.54) is 9.25 Å². The van der Waals surface area contributed by atoms with Crippen molar-refractivity contribution in [2.75, 3.05) is 5.32 Å². The third kappa shape index (κ3) is 8.81. The number of halogens is 2. The molecule has 2 heterocycles. The van der Waals surface area contributed by atoms with Crippen molar-refractivity contribution >= 4 is 28.0 Å². The van der Waals surface area contributed by atoms with Gasteiger partial charge in [0.15, 0.2) is 5.82 Å². The summed E-state index contributed by atoms with van der Waals surface area (Å²) in [5.74, 6) is -2.08. The highest BCUT2D eigenvalue weighted by Crippen LogP contribution is 2.21. The van der Waals surface area contributed by atoms with Gasteiger partial charge < -0.3 is 9.88 Å². The van der Waals surface area contributed by atoms with Crippen LogP contribution in [0.25, 0.3) is 16.5 Å². The highest BCUT2D eigenvalue weighted by Gasteiger charge is 2.13. The Morgan fingerprint density at radius 3 is 2.11 bits per heavy atom. The fraction of sp³-hybridized carbons (Fsp3) is 0.296. The van der Waals surface area contributed by atoms with E-state index in [1.54, 1.807) is 55.7 Å². The van der Waals surface area contributed by atoms with Gasteiger partial charge in [-0.05, 0) is 58.0 Å². The summed E-state index contributed by atoms with van der Waals surface area (Å²) < 4.78 is 24.8. The van der Waals surface area contributed by atoms with Crippen LogP contribution in [0, 0.1) is 0 Å². The largest absolute Gasteiger partial charge is 0.334 e. The SMILES string of the molecule is C=C/C(=C\C=C(C)C)n1nc(Nc2cccn(C)c2=O)c2ccccc2c1=O.CC.CC(C)(F)F. The van der Waals surface area contributed by atoms with Gasteiger partial charge in [-0.1, -0.05) is 50.3 Å². The molecular weight excluding hydrogens is 450 g/mol. The lowest BCUT2D eigenvalue weighted by molar-refractivity contribution is 0.0437. The average molecular weight is 485 g/mol. The first-order chi connectivity index (χ1) is 16.4. The topological polar surface area (TPSA) is 68.9 Å². The maximum atomic E-state index is 13.0. The van der Waals surface area contributed by atoms with Crippen LogP contribution in [0.15, 0.2) is 82.6 Å². The molecule has 1 N–H and O–H groups in total. The lowest BCUT2D eigenvalue weighted by atomic mass is 10.2. The molecule has 0 saturated heterocycles. The maximum Gasteiger partial charge on any atom is 0.279 e. The number of alkyl halides is 2. The summed E-state index contributed by atoms with van der Waals surface area (Å²) in [5.41, 5.74) is 1.56. The number of aryl methyl sites for hydroxylation is 1. The minimum Gasteiger partial charge on any atom is -0.334 e. The second-order valence-electron chi connectivity index (χ2n) is 7.94. The van der Waals surface area contributed by atoms with Crippen molar-refractivity contribution in [2.24, 2.45) is 7.05 Å². The monoisotopic (exact) mass is 484 g/mol. The zero-order valence-electron chi connectivity index (χ0n) is 21.4. The summed E-state index contributed by atoms with van der Waals surface area (Å²) in [4.78, 5) is 25.4. The van der Waals surface area contributed by atoms with E-state index in [2.05, 4.69) is 17.0 Å². The third-order valence-corrected chi connectivity index (χ3v) is 4.22. The van der Waals surface area contributed by atoms with Gasteiger partial charge in [0.05, 0.1) is 11.1 Å². The molecule has 0 amide bonds. The number of fused-ring (bicyclic) bond motifs is 1. The number of rotatable bonds is 5. The number of hydrogen-bond acceptors (Lipinski definition) is 4. The van der Waals surface area contributed by atoms with Crippen LogP contribution in [0.1, 0.15) is 41.5 Å². The number of nitrogens with zero attached hydrogens (tertiary/aromatic N) is 3. The van der Waals surface area contributed by atoms with Crippen LogP contribution in [-0.2, 0) is 7.05 Å². The lowest BCUT2D eigenvalue weighted by Gasteiger charge is -2.13. The number of nitrogens with one attached hydrogen (secondary N) is 1. The summed E-state index contributed by atoms with van der Waals surface area (Å²) in [6, 6.07) is 10.6. The first-order valence-corrected chi connectivity index (χ1v) is 11.2. The van der Waals surface area contributed by atoms with Gasteiger partial charge in [-0.15, -0.1) is 5.10 Å². The van der Waals surface area contributed by atoms with Gasteiger partial charge in [-0.3, -0.25) is 9.59 Å². The van der Waals surface area contributed by atoms with Crippen molar-refractivity contribution in [2.45, 2.75) is 47.5 Å². The Labute approximate surface area is 204 Å². The average Bonchev–Trinajstić information content (AvgIpc) is 2.80. The number of allylic oxidation sites excluding steroid dienone is 5. The molecule has 0 bridgehead atoms. The van der Waals surface area contributed by atoms with E-state index >= 15 is 0 Å². The molecule has 188 valence electrons. The predicted molar refractivity (Wildman–Crippen MR) is 143 cm³/mol. The maximum absolute atomic E-state index is 13.0. The summed E-state index contributed by atoms with van der Waals surface area (Å²) in [6.45, 7) is 13.4. The Morgan fingerprint density at radius 1 is 1.00 bits per heavy atom.